The highest BCUT2D eigenvalue weighted by atomic mass is 16.4. The van der Waals surface area contributed by atoms with Crippen molar-refractivity contribution >= 4 is 23.8 Å². The molecule has 118 valence electrons. The molecule has 8 heteroatoms. The second-order valence-corrected chi connectivity index (χ2v) is 5.12. The fourth-order valence-corrected chi connectivity index (χ4v) is 2.17. The molecular weight excluding hydrogens is 278 g/mol. The van der Waals surface area contributed by atoms with Crippen LogP contribution in [0.5, 0.6) is 0 Å². The summed E-state index contributed by atoms with van der Waals surface area (Å²) in [6, 6.07) is -1.39. The van der Waals surface area contributed by atoms with E-state index in [0.29, 0.717) is 12.8 Å². The van der Waals surface area contributed by atoms with Crippen molar-refractivity contribution in [2.24, 2.45) is 5.41 Å². The topological polar surface area (TPSA) is 125 Å². The van der Waals surface area contributed by atoms with E-state index in [2.05, 4.69) is 16.0 Å². The Kier molecular flexibility index (Phi) is 5.69. The summed E-state index contributed by atoms with van der Waals surface area (Å²) in [6.45, 7) is 3.48. The summed E-state index contributed by atoms with van der Waals surface area (Å²) in [4.78, 5) is 45.5. The van der Waals surface area contributed by atoms with Crippen LogP contribution in [0.2, 0.25) is 0 Å². The SMILES string of the molecule is CCC(CC)(CNC(=O)NC1CCC(=O)NC1=O)C(=O)O. The summed E-state index contributed by atoms with van der Waals surface area (Å²) in [5.41, 5.74) is -1.01. The number of hydrogen-bond donors (Lipinski definition) is 4. The third kappa shape index (κ3) is 4.17. The van der Waals surface area contributed by atoms with Crippen molar-refractivity contribution in [3.63, 3.8) is 0 Å². The highest BCUT2D eigenvalue weighted by Gasteiger charge is 2.35. The maximum atomic E-state index is 11.8. The molecule has 8 nitrogen and oxygen atoms in total. The molecule has 1 saturated heterocycles. The van der Waals surface area contributed by atoms with Gasteiger partial charge in [-0.05, 0) is 19.3 Å². The van der Waals surface area contributed by atoms with Gasteiger partial charge in [0.15, 0.2) is 0 Å². The molecule has 4 amide bonds. The lowest BCUT2D eigenvalue weighted by molar-refractivity contribution is -0.149. The maximum Gasteiger partial charge on any atom is 0.315 e. The fraction of sp³-hybridized carbons (Fsp3) is 0.692. The van der Waals surface area contributed by atoms with E-state index in [0.717, 1.165) is 0 Å². The Morgan fingerprint density at radius 2 is 1.95 bits per heavy atom. The molecule has 0 bridgehead atoms. The Bertz CT molecular complexity index is 445. The van der Waals surface area contributed by atoms with E-state index in [-0.39, 0.29) is 25.3 Å². The minimum Gasteiger partial charge on any atom is -0.481 e. The van der Waals surface area contributed by atoms with E-state index in [4.69, 9.17) is 0 Å². The minimum absolute atomic E-state index is 0.0194. The van der Waals surface area contributed by atoms with Crippen LogP contribution in [0.25, 0.3) is 0 Å². The van der Waals surface area contributed by atoms with Gasteiger partial charge in [-0.25, -0.2) is 4.79 Å². The van der Waals surface area contributed by atoms with Crippen molar-refractivity contribution in [3.8, 4) is 0 Å². The predicted molar refractivity (Wildman–Crippen MR) is 73.4 cm³/mol. The van der Waals surface area contributed by atoms with E-state index in [1.807, 2.05) is 0 Å². The number of carboxylic acid groups (broad SMARTS) is 1. The lowest BCUT2D eigenvalue weighted by atomic mass is 9.82. The number of imide groups is 1. The number of nitrogens with one attached hydrogen (secondary N) is 3. The van der Waals surface area contributed by atoms with Crippen LogP contribution in [0.3, 0.4) is 0 Å². The third-order valence-corrected chi connectivity index (χ3v) is 3.94. The van der Waals surface area contributed by atoms with Crippen molar-refractivity contribution < 1.29 is 24.3 Å². The zero-order valence-electron chi connectivity index (χ0n) is 12.2. The summed E-state index contributed by atoms with van der Waals surface area (Å²) in [5, 5.41) is 16.3. The van der Waals surface area contributed by atoms with Gasteiger partial charge < -0.3 is 15.7 Å². The number of aliphatic carboxylic acids is 1. The molecule has 0 spiro atoms. The largest absolute Gasteiger partial charge is 0.481 e. The summed E-state index contributed by atoms with van der Waals surface area (Å²) < 4.78 is 0. The molecule has 1 aliphatic heterocycles. The summed E-state index contributed by atoms with van der Waals surface area (Å²) >= 11 is 0. The van der Waals surface area contributed by atoms with Gasteiger partial charge in [0.05, 0.1) is 5.41 Å². The molecule has 0 aromatic rings. The molecule has 0 radical (unpaired) electrons. The number of carbonyl (C=O) groups is 4. The van der Waals surface area contributed by atoms with Crippen molar-refractivity contribution in [2.75, 3.05) is 6.54 Å². The van der Waals surface area contributed by atoms with Gasteiger partial charge in [0.25, 0.3) is 0 Å². The molecule has 4 N–H and O–H groups in total. The molecule has 0 aromatic carbocycles. The standard InChI is InChI=1S/C13H21N3O5/c1-3-13(4-2,11(19)20)7-14-12(21)15-8-5-6-9(17)16-10(8)18/h8H,3-7H2,1-2H3,(H,19,20)(H2,14,15,21)(H,16,17,18). The molecule has 0 saturated carbocycles. The quantitative estimate of drug-likeness (QED) is 0.513. The first kappa shape index (κ1) is 16.9. The number of carboxylic acids is 1. The number of carbonyl (C=O) groups excluding carboxylic acids is 3. The maximum absolute atomic E-state index is 11.8. The lowest BCUT2D eigenvalue weighted by Gasteiger charge is -2.28. The van der Waals surface area contributed by atoms with Crippen molar-refractivity contribution in [3.05, 3.63) is 0 Å². The van der Waals surface area contributed by atoms with E-state index >= 15 is 0 Å². The fourth-order valence-electron chi connectivity index (χ4n) is 2.17. The van der Waals surface area contributed by atoms with Gasteiger partial charge in [-0.15, -0.1) is 0 Å². The van der Waals surface area contributed by atoms with Gasteiger partial charge in [0.2, 0.25) is 11.8 Å². The van der Waals surface area contributed by atoms with E-state index in [9.17, 15) is 24.3 Å². The smallest absolute Gasteiger partial charge is 0.315 e. The van der Waals surface area contributed by atoms with Gasteiger partial charge in [-0.1, -0.05) is 13.8 Å². The predicted octanol–water partition coefficient (Wildman–Crippen LogP) is -0.0182. The van der Waals surface area contributed by atoms with Crippen LogP contribution in [0, 0.1) is 5.41 Å². The zero-order chi connectivity index (χ0) is 16.0. The third-order valence-electron chi connectivity index (χ3n) is 3.94. The average molecular weight is 299 g/mol. The molecule has 1 rings (SSSR count). The monoisotopic (exact) mass is 299 g/mol. The summed E-state index contributed by atoms with van der Waals surface area (Å²) in [6.07, 6.45) is 1.18. The second kappa shape index (κ2) is 7.05. The zero-order valence-corrected chi connectivity index (χ0v) is 12.2. The van der Waals surface area contributed by atoms with Crippen molar-refractivity contribution in [1.82, 2.24) is 16.0 Å². The molecule has 0 aliphatic carbocycles. The molecular formula is C13H21N3O5. The Balaban J connectivity index is 2.52. The number of rotatable bonds is 6. The van der Waals surface area contributed by atoms with Gasteiger partial charge in [-0.2, -0.15) is 0 Å². The van der Waals surface area contributed by atoms with E-state index < -0.39 is 29.4 Å². The van der Waals surface area contributed by atoms with Crippen LogP contribution < -0.4 is 16.0 Å². The van der Waals surface area contributed by atoms with Crippen LogP contribution in [0.1, 0.15) is 39.5 Å². The Labute approximate surface area is 122 Å². The Morgan fingerprint density at radius 3 is 2.43 bits per heavy atom. The van der Waals surface area contributed by atoms with Crippen LogP contribution >= 0.6 is 0 Å². The van der Waals surface area contributed by atoms with Gasteiger partial charge >= 0.3 is 12.0 Å². The second-order valence-electron chi connectivity index (χ2n) is 5.12. The van der Waals surface area contributed by atoms with Crippen LogP contribution in [-0.4, -0.2) is 41.5 Å². The number of hydrogen-bond acceptors (Lipinski definition) is 4. The molecule has 1 unspecified atom stereocenters. The van der Waals surface area contributed by atoms with E-state index in [1.165, 1.54) is 0 Å². The normalized spacial score (nSPS) is 18.9. The van der Waals surface area contributed by atoms with Gasteiger partial charge in [-0.3, -0.25) is 19.7 Å². The van der Waals surface area contributed by atoms with Crippen molar-refractivity contribution in [1.29, 1.82) is 0 Å². The molecule has 21 heavy (non-hydrogen) atoms. The lowest BCUT2D eigenvalue weighted by Crippen LogP contribution is -2.55. The van der Waals surface area contributed by atoms with Crippen LogP contribution in [0.15, 0.2) is 0 Å². The molecule has 1 heterocycles. The van der Waals surface area contributed by atoms with E-state index in [1.54, 1.807) is 13.8 Å². The first-order valence-electron chi connectivity index (χ1n) is 6.96. The first-order chi connectivity index (χ1) is 9.84. The van der Waals surface area contributed by atoms with Crippen molar-refractivity contribution in [2.45, 2.75) is 45.6 Å². The summed E-state index contributed by atoms with van der Waals surface area (Å²) in [7, 11) is 0. The molecule has 1 aliphatic rings. The first-order valence-corrected chi connectivity index (χ1v) is 6.96. The molecule has 0 aromatic heterocycles. The summed E-state index contributed by atoms with van der Waals surface area (Å²) in [5.74, 6) is -1.87. The number of urea groups is 1. The average Bonchev–Trinajstić information content (AvgIpc) is 2.43. The highest BCUT2D eigenvalue weighted by molar-refractivity contribution is 6.01. The number of amides is 4. The number of piperidine rings is 1. The van der Waals surface area contributed by atoms with Crippen LogP contribution in [0.4, 0.5) is 4.79 Å². The van der Waals surface area contributed by atoms with Gasteiger partial charge in [0.1, 0.15) is 6.04 Å². The minimum atomic E-state index is -1.01. The Hall–Kier alpha value is -2.12. The molecule has 1 fully saturated rings. The highest BCUT2D eigenvalue weighted by Crippen LogP contribution is 2.25. The van der Waals surface area contributed by atoms with Crippen LogP contribution in [-0.2, 0) is 14.4 Å². The molecule has 1 atom stereocenters. The Morgan fingerprint density at radius 1 is 1.33 bits per heavy atom. The van der Waals surface area contributed by atoms with Gasteiger partial charge in [0, 0.05) is 13.0 Å².